The van der Waals surface area contributed by atoms with Gasteiger partial charge in [0.25, 0.3) is 0 Å². The number of H-pyrrole nitrogens is 1. The van der Waals surface area contributed by atoms with Gasteiger partial charge in [-0.15, -0.1) is 0 Å². The summed E-state index contributed by atoms with van der Waals surface area (Å²) in [4.78, 5) is 7.46. The number of allylic oxidation sites excluding steroid dienone is 1. The second-order valence-corrected chi connectivity index (χ2v) is 5.88. The number of aromatic nitrogens is 2. The largest absolute Gasteiger partial charge is 0.506 e. The number of hydrogen-bond donors (Lipinski definition) is 2. The summed E-state index contributed by atoms with van der Waals surface area (Å²) in [5.74, 6) is 1.42. The van der Waals surface area contributed by atoms with Crippen molar-refractivity contribution in [1.29, 1.82) is 5.26 Å². The fourth-order valence-corrected chi connectivity index (χ4v) is 2.77. The highest BCUT2D eigenvalue weighted by molar-refractivity contribution is 5.94. The molecular weight excluding hydrogens is 338 g/mol. The molecular formula is C22H15N3O2. The van der Waals surface area contributed by atoms with Crippen LogP contribution in [0.5, 0.6) is 11.5 Å². The van der Waals surface area contributed by atoms with Gasteiger partial charge in [-0.1, -0.05) is 42.5 Å². The summed E-state index contributed by atoms with van der Waals surface area (Å²) < 4.78 is 5.80. The van der Waals surface area contributed by atoms with Gasteiger partial charge < -0.3 is 14.8 Å². The number of nitriles is 1. The predicted molar refractivity (Wildman–Crippen MR) is 104 cm³/mol. The zero-order valence-electron chi connectivity index (χ0n) is 14.3. The molecule has 0 aliphatic heterocycles. The van der Waals surface area contributed by atoms with Crippen molar-refractivity contribution in [3.05, 3.63) is 90.3 Å². The van der Waals surface area contributed by atoms with Crippen molar-refractivity contribution >= 4 is 22.4 Å². The maximum Gasteiger partial charge on any atom is 0.153 e. The molecule has 2 N–H and O–H groups in total. The Morgan fingerprint density at radius 2 is 1.67 bits per heavy atom. The number of rotatable bonds is 4. The van der Waals surface area contributed by atoms with Crippen LogP contribution >= 0.6 is 0 Å². The smallest absolute Gasteiger partial charge is 0.153 e. The van der Waals surface area contributed by atoms with Crippen molar-refractivity contribution in [2.45, 2.75) is 0 Å². The summed E-state index contributed by atoms with van der Waals surface area (Å²) >= 11 is 0. The van der Waals surface area contributed by atoms with E-state index < -0.39 is 0 Å². The Hall–Kier alpha value is -4.04. The van der Waals surface area contributed by atoms with Crippen LogP contribution < -0.4 is 4.74 Å². The lowest BCUT2D eigenvalue weighted by Gasteiger charge is -2.08. The Morgan fingerprint density at radius 1 is 0.926 bits per heavy atom. The van der Waals surface area contributed by atoms with Crippen molar-refractivity contribution < 1.29 is 9.84 Å². The van der Waals surface area contributed by atoms with Crippen LogP contribution in [0.3, 0.4) is 0 Å². The lowest BCUT2D eigenvalue weighted by atomic mass is 10.1. The normalized spacial score (nSPS) is 11.7. The molecule has 1 aromatic heterocycles. The van der Waals surface area contributed by atoms with Crippen LogP contribution in [0.25, 0.3) is 22.4 Å². The van der Waals surface area contributed by atoms with Crippen LogP contribution in [0.1, 0.15) is 11.4 Å². The van der Waals surface area contributed by atoms with Gasteiger partial charge >= 0.3 is 0 Å². The number of nitrogens with one attached hydrogen (secondary N) is 1. The van der Waals surface area contributed by atoms with E-state index in [4.69, 9.17) is 4.74 Å². The average Bonchev–Trinajstić information content (AvgIpc) is 3.13. The molecule has 4 aromatic rings. The first-order chi connectivity index (χ1) is 13.2. The Kier molecular flexibility index (Phi) is 4.30. The van der Waals surface area contributed by atoms with Crippen LogP contribution in [0.2, 0.25) is 0 Å². The summed E-state index contributed by atoms with van der Waals surface area (Å²) in [5, 5.41) is 20.3. The number of nitrogens with zero attached hydrogens (tertiary/aromatic N) is 2. The van der Waals surface area contributed by atoms with E-state index in [0.717, 1.165) is 11.0 Å². The SMILES string of the molecule is N#CC(=C(O)c1cccc(Oc2ccccc2)c1)c1nc2ccccc2[nH]1. The zero-order chi connectivity index (χ0) is 18.6. The summed E-state index contributed by atoms with van der Waals surface area (Å²) in [6.07, 6.45) is 0. The second kappa shape index (κ2) is 7.06. The highest BCUT2D eigenvalue weighted by Crippen LogP contribution is 2.28. The van der Waals surface area contributed by atoms with Gasteiger partial charge in [0.15, 0.2) is 5.82 Å². The second-order valence-electron chi connectivity index (χ2n) is 5.88. The molecule has 27 heavy (non-hydrogen) atoms. The van der Waals surface area contributed by atoms with Gasteiger partial charge in [0.05, 0.1) is 11.0 Å². The highest BCUT2D eigenvalue weighted by Gasteiger charge is 2.15. The summed E-state index contributed by atoms with van der Waals surface area (Å²) in [5.41, 5.74) is 2.08. The molecule has 130 valence electrons. The molecule has 0 spiro atoms. The number of aromatic amines is 1. The number of benzene rings is 3. The van der Waals surface area contributed by atoms with Gasteiger partial charge in [-0.25, -0.2) is 4.98 Å². The predicted octanol–water partition coefficient (Wildman–Crippen LogP) is 5.31. The maximum atomic E-state index is 10.7. The molecule has 0 fully saturated rings. The Labute approximate surface area is 155 Å². The fourth-order valence-electron chi connectivity index (χ4n) is 2.77. The maximum absolute atomic E-state index is 10.7. The average molecular weight is 353 g/mol. The van der Waals surface area contributed by atoms with E-state index in [-0.39, 0.29) is 11.3 Å². The van der Waals surface area contributed by atoms with Crippen LogP contribution in [-0.2, 0) is 0 Å². The lowest BCUT2D eigenvalue weighted by Crippen LogP contribution is -1.93. The monoisotopic (exact) mass is 353 g/mol. The molecule has 0 aliphatic rings. The molecule has 0 unspecified atom stereocenters. The minimum absolute atomic E-state index is 0.0723. The van der Waals surface area contributed by atoms with Crippen molar-refractivity contribution in [3.8, 4) is 17.6 Å². The fraction of sp³-hybridized carbons (Fsp3) is 0. The minimum atomic E-state index is -0.157. The quantitative estimate of drug-likeness (QED) is 0.385. The molecule has 3 aromatic carbocycles. The first kappa shape index (κ1) is 16.4. The minimum Gasteiger partial charge on any atom is -0.506 e. The van der Waals surface area contributed by atoms with E-state index >= 15 is 0 Å². The van der Waals surface area contributed by atoms with Gasteiger partial charge in [-0.2, -0.15) is 5.26 Å². The van der Waals surface area contributed by atoms with E-state index in [1.165, 1.54) is 0 Å². The molecule has 1 heterocycles. The van der Waals surface area contributed by atoms with Crippen molar-refractivity contribution in [3.63, 3.8) is 0 Å². The van der Waals surface area contributed by atoms with E-state index in [9.17, 15) is 10.4 Å². The molecule has 0 amide bonds. The zero-order valence-corrected chi connectivity index (χ0v) is 14.3. The number of hydrogen-bond acceptors (Lipinski definition) is 4. The van der Waals surface area contributed by atoms with Gasteiger partial charge in [-0.3, -0.25) is 0 Å². The molecule has 5 heteroatoms. The van der Waals surface area contributed by atoms with E-state index in [1.54, 1.807) is 24.3 Å². The Bertz CT molecular complexity index is 1140. The first-order valence-electron chi connectivity index (χ1n) is 8.36. The molecule has 0 radical (unpaired) electrons. The Morgan fingerprint density at radius 3 is 2.44 bits per heavy atom. The molecule has 0 aliphatic carbocycles. The summed E-state index contributed by atoms with van der Waals surface area (Å²) in [7, 11) is 0. The number of fused-ring (bicyclic) bond motifs is 1. The number of ether oxygens (including phenoxy) is 1. The lowest BCUT2D eigenvalue weighted by molar-refractivity contribution is 0.480. The van der Waals surface area contributed by atoms with Crippen molar-refractivity contribution in [1.82, 2.24) is 9.97 Å². The first-order valence-corrected chi connectivity index (χ1v) is 8.36. The highest BCUT2D eigenvalue weighted by atomic mass is 16.5. The van der Waals surface area contributed by atoms with E-state index in [0.29, 0.717) is 22.9 Å². The molecule has 0 bridgehead atoms. The number of imidazole rings is 1. The topological polar surface area (TPSA) is 81.9 Å². The molecule has 0 saturated heterocycles. The van der Waals surface area contributed by atoms with Gasteiger partial charge in [-0.05, 0) is 36.4 Å². The van der Waals surface area contributed by atoms with Crippen LogP contribution in [-0.4, -0.2) is 15.1 Å². The third-order valence-electron chi connectivity index (χ3n) is 4.06. The van der Waals surface area contributed by atoms with Gasteiger partial charge in [0.2, 0.25) is 0 Å². The van der Waals surface area contributed by atoms with Crippen molar-refractivity contribution in [2.75, 3.05) is 0 Å². The summed E-state index contributed by atoms with van der Waals surface area (Å²) in [6.45, 7) is 0. The third kappa shape index (κ3) is 3.37. The van der Waals surface area contributed by atoms with E-state index in [1.807, 2.05) is 60.7 Å². The molecule has 0 atom stereocenters. The van der Waals surface area contributed by atoms with Crippen LogP contribution in [0.15, 0.2) is 78.9 Å². The number of aliphatic hydroxyl groups excluding tert-OH is 1. The molecule has 0 saturated carbocycles. The Balaban J connectivity index is 1.72. The number of aliphatic hydroxyl groups is 1. The standard InChI is InChI=1S/C22H15N3O2/c23-14-18(22-24-19-11-4-5-12-20(19)25-22)21(26)15-7-6-10-17(13-15)27-16-8-2-1-3-9-16/h1-13,26H,(H,24,25). The third-order valence-corrected chi connectivity index (χ3v) is 4.06. The molecule has 5 nitrogen and oxygen atoms in total. The number of para-hydroxylation sites is 3. The van der Waals surface area contributed by atoms with Crippen molar-refractivity contribution in [2.24, 2.45) is 0 Å². The van der Waals surface area contributed by atoms with E-state index in [2.05, 4.69) is 9.97 Å². The van der Waals surface area contributed by atoms with Gasteiger partial charge in [0, 0.05) is 5.56 Å². The van der Waals surface area contributed by atoms with Gasteiger partial charge in [0.1, 0.15) is 28.9 Å². The van der Waals surface area contributed by atoms with Crippen LogP contribution in [0.4, 0.5) is 0 Å². The summed E-state index contributed by atoms with van der Waals surface area (Å²) in [6, 6.07) is 25.8. The molecule has 4 rings (SSSR count). The van der Waals surface area contributed by atoms with Crippen LogP contribution in [0, 0.1) is 11.3 Å².